The summed E-state index contributed by atoms with van der Waals surface area (Å²) in [7, 11) is 0. The van der Waals surface area contributed by atoms with E-state index in [4.69, 9.17) is 13.9 Å². The van der Waals surface area contributed by atoms with E-state index in [9.17, 15) is 19.7 Å². The molecule has 1 fully saturated rings. The molecule has 2 aromatic carbocycles. The van der Waals surface area contributed by atoms with Crippen LogP contribution in [0.5, 0.6) is 0 Å². The van der Waals surface area contributed by atoms with E-state index in [1.54, 1.807) is 6.07 Å². The summed E-state index contributed by atoms with van der Waals surface area (Å²) >= 11 is 0. The van der Waals surface area contributed by atoms with Crippen molar-refractivity contribution in [3.63, 3.8) is 0 Å². The largest absolute Gasteiger partial charge is 0.457 e. The summed E-state index contributed by atoms with van der Waals surface area (Å²) in [6.07, 6.45) is 0. The van der Waals surface area contributed by atoms with Crippen LogP contribution in [-0.4, -0.2) is 37.2 Å². The Balaban J connectivity index is 1.58. The topological polar surface area (TPSA) is 112 Å². The van der Waals surface area contributed by atoms with Crippen LogP contribution in [0.4, 0.5) is 11.4 Å². The van der Waals surface area contributed by atoms with Crippen molar-refractivity contribution < 1.29 is 23.6 Å². The molecule has 0 amide bonds. The number of ether oxygens (including phenoxy) is 2. The second-order valence-electron chi connectivity index (χ2n) is 7.61. The molecule has 0 atom stereocenters. The maximum absolute atomic E-state index is 12.6. The van der Waals surface area contributed by atoms with Crippen molar-refractivity contribution in [1.29, 1.82) is 0 Å². The van der Waals surface area contributed by atoms with Gasteiger partial charge in [0.05, 0.1) is 23.7 Å². The van der Waals surface area contributed by atoms with Gasteiger partial charge in [0.25, 0.3) is 5.69 Å². The first-order chi connectivity index (χ1) is 15.3. The lowest BCUT2D eigenvalue weighted by molar-refractivity contribution is -0.384. The van der Waals surface area contributed by atoms with E-state index in [1.165, 1.54) is 18.2 Å². The number of nitro benzene ring substituents is 1. The van der Waals surface area contributed by atoms with E-state index in [2.05, 4.69) is 0 Å². The molecule has 4 rings (SSSR count). The van der Waals surface area contributed by atoms with Crippen LogP contribution in [0, 0.1) is 24.0 Å². The maximum Gasteiger partial charge on any atom is 0.338 e. The number of nitro groups is 1. The number of nitrogens with zero attached hydrogens (tertiary/aromatic N) is 2. The third-order valence-corrected chi connectivity index (χ3v) is 5.64. The van der Waals surface area contributed by atoms with E-state index in [1.807, 2.05) is 30.9 Å². The standard InChI is InChI=1S/C23H22N2O7/c1-14-3-5-18-17(12-21(26)32-22(18)15(14)2)13-31-23(27)16-4-6-19(20(11-16)25(28)29)24-7-9-30-10-8-24/h3-6,11-12H,7-10,13H2,1-2H3. The zero-order valence-corrected chi connectivity index (χ0v) is 17.8. The van der Waals surface area contributed by atoms with Gasteiger partial charge in [-0.1, -0.05) is 12.1 Å². The minimum atomic E-state index is -0.716. The maximum atomic E-state index is 12.6. The van der Waals surface area contributed by atoms with Crippen LogP contribution in [0.1, 0.15) is 27.0 Å². The van der Waals surface area contributed by atoms with Crippen molar-refractivity contribution in [3.05, 3.63) is 79.2 Å². The molecule has 1 aliphatic rings. The number of rotatable bonds is 5. The lowest BCUT2D eigenvalue weighted by Crippen LogP contribution is -2.36. The number of carbonyl (C=O) groups is 1. The molecular formula is C23H22N2O7. The molecule has 0 N–H and O–H groups in total. The molecule has 0 spiro atoms. The van der Waals surface area contributed by atoms with Gasteiger partial charge in [-0.3, -0.25) is 10.1 Å². The monoisotopic (exact) mass is 438 g/mol. The third kappa shape index (κ3) is 4.19. The molecule has 166 valence electrons. The van der Waals surface area contributed by atoms with Crippen molar-refractivity contribution >= 4 is 28.3 Å². The first kappa shape index (κ1) is 21.5. The van der Waals surface area contributed by atoms with Gasteiger partial charge in [-0.2, -0.15) is 0 Å². The Morgan fingerprint density at radius 2 is 1.91 bits per heavy atom. The first-order valence-corrected chi connectivity index (χ1v) is 10.2. The van der Waals surface area contributed by atoms with Crippen molar-refractivity contribution in [1.82, 2.24) is 0 Å². The molecule has 1 saturated heterocycles. The van der Waals surface area contributed by atoms with E-state index < -0.39 is 16.5 Å². The predicted molar refractivity (Wildman–Crippen MR) is 117 cm³/mol. The summed E-state index contributed by atoms with van der Waals surface area (Å²) in [6, 6.07) is 9.28. The van der Waals surface area contributed by atoms with Crippen molar-refractivity contribution in [2.24, 2.45) is 0 Å². The zero-order chi connectivity index (χ0) is 22.8. The second-order valence-corrected chi connectivity index (χ2v) is 7.61. The number of morpholine rings is 1. The Morgan fingerprint density at radius 3 is 2.62 bits per heavy atom. The van der Waals surface area contributed by atoms with Gasteiger partial charge in [-0.15, -0.1) is 0 Å². The Bertz CT molecular complexity index is 1260. The SMILES string of the molecule is Cc1ccc2c(COC(=O)c3ccc(N4CCOCC4)c([N+](=O)[O-])c3)cc(=O)oc2c1C. The Hall–Kier alpha value is -3.72. The number of anilines is 1. The molecule has 2 heterocycles. The van der Waals surface area contributed by atoms with Crippen LogP contribution in [0.15, 0.2) is 45.6 Å². The van der Waals surface area contributed by atoms with Crippen LogP contribution in [0.25, 0.3) is 11.0 Å². The van der Waals surface area contributed by atoms with Crippen LogP contribution < -0.4 is 10.5 Å². The molecule has 1 aliphatic heterocycles. The Kier molecular flexibility index (Phi) is 5.91. The van der Waals surface area contributed by atoms with Gasteiger partial charge in [-0.25, -0.2) is 9.59 Å². The second kappa shape index (κ2) is 8.80. The highest BCUT2D eigenvalue weighted by Crippen LogP contribution is 2.30. The highest BCUT2D eigenvalue weighted by atomic mass is 16.6. The van der Waals surface area contributed by atoms with Crippen molar-refractivity contribution in [3.8, 4) is 0 Å². The average Bonchev–Trinajstić information content (AvgIpc) is 2.80. The molecular weight excluding hydrogens is 416 g/mol. The average molecular weight is 438 g/mol. The first-order valence-electron chi connectivity index (χ1n) is 10.2. The minimum Gasteiger partial charge on any atom is -0.457 e. The van der Waals surface area contributed by atoms with Gasteiger partial charge in [0.1, 0.15) is 17.9 Å². The molecule has 32 heavy (non-hydrogen) atoms. The predicted octanol–water partition coefficient (Wildman–Crippen LogP) is 3.51. The van der Waals surface area contributed by atoms with Crippen molar-refractivity contribution in [2.75, 3.05) is 31.2 Å². The van der Waals surface area contributed by atoms with Crippen LogP contribution in [0.3, 0.4) is 0 Å². The van der Waals surface area contributed by atoms with Gasteiger partial charge < -0.3 is 18.8 Å². The molecule has 0 aliphatic carbocycles. The normalized spacial score (nSPS) is 13.9. The fourth-order valence-electron chi connectivity index (χ4n) is 3.74. The number of fused-ring (bicyclic) bond motifs is 1. The molecule has 3 aromatic rings. The smallest absolute Gasteiger partial charge is 0.338 e. The van der Waals surface area contributed by atoms with Gasteiger partial charge >= 0.3 is 11.6 Å². The summed E-state index contributed by atoms with van der Waals surface area (Å²) in [5.74, 6) is -0.716. The van der Waals surface area contributed by atoms with Crippen LogP contribution in [0.2, 0.25) is 0 Å². The van der Waals surface area contributed by atoms with E-state index in [-0.39, 0.29) is 17.9 Å². The summed E-state index contributed by atoms with van der Waals surface area (Å²) in [6.45, 7) is 5.64. The number of hydrogen-bond donors (Lipinski definition) is 0. The number of benzene rings is 2. The van der Waals surface area contributed by atoms with Crippen molar-refractivity contribution in [2.45, 2.75) is 20.5 Å². The summed E-state index contributed by atoms with van der Waals surface area (Å²) in [5, 5.41) is 12.3. The molecule has 9 heteroatoms. The quantitative estimate of drug-likeness (QED) is 0.257. The summed E-state index contributed by atoms with van der Waals surface area (Å²) in [5.41, 5.74) is 2.56. The molecule has 0 radical (unpaired) electrons. The number of esters is 1. The molecule has 0 saturated carbocycles. The molecule has 1 aromatic heterocycles. The van der Waals surface area contributed by atoms with Crippen LogP contribution in [-0.2, 0) is 16.1 Å². The van der Waals surface area contributed by atoms with Gasteiger partial charge in [0.2, 0.25) is 0 Å². The lowest BCUT2D eigenvalue weighted by Gasteiger charge is -2.28. The Morgan fingerprint density at radius 1 is 1.16 bits per heavy atom. The fourth-order valence-corrected chi connectivity index (χ4v) is 3.74. The highest BCUT2D eigenvalue weighted by Gasteiger charge is 2.24. The number of aryl methyl sites for hydroxylation is 2. The Labute approximate surface area is 183 Å². The van der Waals surface area contributed by atoms with Gasteiger partial charge in [-0.05, 0) is 37.1 Å². The van der Waals surface area contributed by atoms with E-state index >= 15 is 0 Å². The fraction of sp³-hybridized carbons (Fsp3) is 0.304. The van der Waals surface area contributed by atoms with E-state index in [0.29, 0.717) is 48.5 Å². The molecule has 9 nitrogen and oxygen atoms in total. The zero-order valence-electron chi connectivity index (χ0n) is 17.8. The number of hydrogen-bond acceptors (Lipinski definition) is 8. The molecule has 0 bridgehead atoms. The molecule has 0 unspecified atom stereocenters. The third-order valence-electron chi connectivity index (χ3n) is 5.64. The lowest BCUT2D eigenvalue weighted by atomic mass is 10.0. The minimum absolute atomic E-state index is 0.0630. The summed E-state index contributed by atoms with van der Waals surface area (Å²) < 4.78 is 16.0. The summed E-state index contributed by atoms with van der Waals surface area (Å²) in [4.78, 5) is 37.6. The van der Waals surface area contributed by atoms with E-state index in [0.717, 1.165) is 11.1 Å². The van der Waals surface area contributed by atoms with Gasteiger partial charge in [0.15, 0.2) is 0 Å². The van der Waals surface area contributed by atoms with Crippen LogP contribution >= 0.6 is 0 Å². The highest BCUT2D eigenvalue weighted by molar-refractivity contribution is 5.92. The number of carbonyl (C=O) groups excluding carboxylic acids is 1. The van der Waals surface area contributed by atoms with Gasteiger partial charge in [0, 0.05) is 36.2 Å².